The highest BCUT2D eigenvalue weighted by molar-refractivity contribution is 6.34. The summed E-state index contributed by atoms with van der Waals surface area (Å²) in [7, 11) is 0. The van der Waals surface area contributed by atoms with Crippen molar-refractivity contribution >= 4 is 28.9 Å². The molecular formula is C10H10ClF3N2O. The van der Waals surface area contributed by atoms with E-state index in [0.717, 1.165) is 0 Å². The van der Waals surface area contributed by atoms with Crippen molar-refractivity contribution in [2.45, 2.75) is 19.0 Å². The second-order valence-corrected chi connectivity index (χ2v) is 3.81. The molecule has 0 aliphatic carbocycles. The average molecular weight is 267 g/mol. The third kappa shape index (κ3) is 4.95. The molecule has 3 N–H and O–H groups in total. The lowest BCUT2D eigenvalue weighted by atomic mass is 10.2. The van der Waals surface area contributed by atoms with E-state index in [2.05, 4.69) is 5.32 Å². The summed E-state index contributed by atoms with van der Waals surface area (Å²) in [6, 6.07) is 4.33. The van der Waals surface area contributed by atoms with Crippen LogP contribution >= 0.6 is 11.6 Å². The van der Waals surface area contributed by atoms with E-state index >= 15 is 0 Å². The van der Waals surface area contributed by atoms with Crippen LogP contribution in [-0.2, 0) is 4.79 Å². The number of hydrogen-bond donors (Lipinski definition) is 2. The Balaban J connectivity index is 2.57. The lowest BCUT2D eigenvalue weighted by molar-refractivity contribution is -0.142. The van der Waals surface area contributed by atoms with Gasteiger partial charge in [0.2, 0.25) is 5.91 Å². The van der Waals surface area contributed by atoms with Crippen molar-refractivity contribution in [3.63, 3.8) is 0 Å². The highest BCUT2D eigenvalue weighted by Crippen LogP contribution is 2.25. The molecule has 0 fully saturated rings. The number of rotatable bonds is 3. The van der Waals surface area contributed by atoms with Crippen LogP contribution < -0.4 is 11.1 Å². The molecule has 1 rings (SSSR count). The zero-order valence-electron chi connectivity index (χ0n) is 8.64. The molecule has 1 amide bonds. The molecule has 0 aliphatic rings. The summed E-state index contributed by atoms with van der Waals surface area (Å²) in [5.41, 5.74) is 6.08. The van der Waals surface area contributed by atoms with Crippen LogP contribution in [0.3, 0.4) is 0 Å². The Morgan fingerprint density at radius 3 is 2.59 bits per heavy atom. The lowest BCUT2D eigenvalue weighted by Crippen LogP contribution is -2.16. The van der Waals surface area contributed by atoms with Crippen LogP contribution in [0.5, 0.6) is 0 Å². The first kappa shape index (κ1) is 13.6. The standard InChI is InChI=1S/C10H10ClF3N2O/c11-7-5-6(15)1-2-8(7)16-9(17)3-4-10(12,13)14/h1-2,5H,3-4,15H2,(H,16,17). The molecule has 1 aromatic rings. The van der Waals surface area contributed by atoms with Crippen molar-refractivity contribution in [2.24, 2.45) is 0 Å². The Kier molecular flexibility index (Phi) is 4.22. The summed E-state index contributed by atoms with van der Waals surface area (Å²) in [6.45, 7) is 0. The normalized spacial score (nSPS) is 11.3. The number of benzene rings is 1. The van der Waals surface area contributed by atoms with E-state index in [4.69, 9.17) is 17.3 Å². The van der Waals surface area contributed by atoms with Gasteiger partial charge in [-0.2, -0.15) is 13.2 Å². The van der Waals surface area contributed by atoms with E-state index in [1.54, 1.807) is 0 Å². The molecule has 0 saturated carbocycles. The first-order chi connectivity index (χ1) is 7.78. The van der Waals surface area contributed by atoms with E-state index in [1.807, 2.05) is 0 Å². The molecule has 0 atom stereocenters. The predicted octanol–water partition coefficient (Wildman–Crippen LogP) is 3.20. The largest absolute Gasteiger partial charge is 0.399 e. The Bertz CT molecular complexity index is 421. The predicted molar refractivity (Wildman–Crippen MR) is 59.8 cm³/mol. The van der Waals surface area contributed by atoms with Crippen molar-refractivity contribution in [3.8, 4) is 0 Å². The molecule has 0 bridgehead atoms. The Morgan fingerprint density at radius 2 is 2.06 bits per heavy atom. The summed E-state index contributed by atoms with van der Waals surface area (Å²) < 4.78 is 35.6. The number of alkyl halides is 3. The summed E-state index contributed by atoms with van der Waals surface area (Å²) >= 11 is 5.75. The van der Waals surface area contributed by atoms with Crippen LogP contribution in [0.1, 0.15) is 12.8 Å². The van der Waals surface area contributed by atoms with Gasteiger partial charge >= 0.3 is 6.18 Å². The number of carbonyl (C=O) groups excluding carboxylic acids is 1. The van der Waals surface area contributed by atoms with Gasteiger partial charge in [0.15, 0.2) is 0 Å². The van der Waals surface area contributed by atoms with Crippen molar-refractivity contribution < 1.29 is 18.0 Å². The maximum absolute atomic E-state index is 11.9. The molecular weight excluding hydrogens is 257 g/mol. The summed E-state index contributed by atoms with van der Waals surface area (Å²) in [5, 5.41) is 2.47. The highest BCUT2D eigenvalue weighted by Gasteiger charge is 2.27. The minimum Gasteiger partial charge on any atom is -0.399 e. The van der Waals surface area contributed by atoms with E-state index in [9.17, 15) is 18.0 Å². The van der Waals surface area contributed by atoms with Crippen molar-refractivity contribution in [1.29, 1.82) is 0 Å². The number of amides is 1. The zero-order chi connectivity index (χ0) is 13.1. The maximum atomic E-state index is 11.9. The van der Waals surface area contributed by atoms with Gasteiger partial charge in [-0.15, -0.1) is 0 Å². The van der Waals surface area contributed by atoms with E-state index < -0.39 is 24.9 Å². The van der Waals surface area contributed by atoms with Gasteiger partial charge in [-0.25, -0.2) is 0 Å². The number of nitrogens with two attached hydrogens (primary N) is 1. The molecule has 7 heteroatoms. The zero-order valence-corrected chi connectivity index (χ0v) is 9.40. The molecule has 0 heterocycles. The van der Waals surface area contributed by atoms with Crippen molar-refractivity contribution in [3.05, 3.63) is 23.2 Å². The smallest absolute Gasteiger partial charge is 0.389 e. The Labute approximate surface area is 101 Å². The van der Waals surface area contributed by atoms with Gasteiger partial charge in [0.05, 0.1) is 17.1 Å². The van der Waals surface area contributed by atoms with Crippen LogP contribution in [0, 0.1) is 0 Å². The molecule has 94 valence electrons. The van der Waals surface area contributed by atoms with Crippen LogP contribution in [0.15, 0.2) is 18.2 Å². The van der Waals surface area contributed by atoms with E-state index in [-0.39, 0.29) is 10.7 Å². The fourth-order valence-electron chi connectivity index (χ4n) is 1.10. The van der Waals surface area contributed by atoms with E-state index in [0.29, 0.717) is 5.69 Å². The van der Waals surface area contributed by atoms with Gasteiger partial charge in [-0.1, -0.05) is 11.6 Å². The van der Waals surface area contributed by atoms with Crippen LogP contribution in [-0.4, -0.2) is 12.1 Å². The molecule has 3 nitrogen and oxygen atoms in total. The summed E-state index contributed by atoms with van der Waals surface area (Å²) in [6.07, 6.45) is -6.14. The lowest BCUT2D eigenvalue weighted by Gasteiger charge is -2.09. The molecule has 0 radical (unpaired) electrons. The fraction of sp³-hybridized carbons (Fsp3) is 0.300. The van der Waals surface area contributed by atoms with Gasteiger partial charge in [0, 0.05) is 12.1 Å². The first-order valence-corrected chi connectivity index (χ1v) is 5.07. The Morgan fingerprint density at radius 1 is 1.41 bits per heavy atom. The summed E-state index contributed by atoms with van der Waals surface area (Å²) in [4.78, 5) is 11.2. The minimum absolute atomic E-state index is 0.186. The van der Waals surface area contributed by atoms with Crippen molar-refractivity contribution in [1.82, 2.24) is 0 Å². The molecule has 0 spiro atoms. The van der Waals surface area contributed by atoms with Crippen LogP contribution in [0.2, 0.25) is 5.02 Å². The SMILES string of the molecule is Nc1ccc(NC(=O)CCC(F)(F)F)c(Cl)c1. The Hall–Kier alpha value is -1.43. The number of halogens is 4. The molecule has 17 heavy (non-hydrogen) atoms. The number of carbonyl (C=O) groups is 1. The second kappa shape index (κ2) is 5.27. The number of nitrogen functional groups attached to an aromatic ring is 1. The van der Waals surface area contributed by atoms with Gasteiger partial charge in [-0.3, -0.25) is 4.79 Å². The van der Waals surface area contributed by atoms with Gasteiger partial charge in [0.25, 0.3) is 0 Å². The molecule has 0 aromatic heterocycles. The van der Waals surface area contributed by atoms with Gasteiger partial charge in [0.1, 0.15) is 0 Å². The highest BCUT2D eigenvalue weighted by atomic mass is 35.5. The van der Waals surface area contributed by atoms with E-state index in [1.165, 1.54) is 18.2 Å². The number of nitrogens with one attached hydrogen (secondary N) is 1. The van der Waals surface area contributed by atoms with Gasteiger partial charge < -0.3 is 11.1 Å². The number of anilines is 2. The first-order valence-electron chi connectivity index (χ1n) is 4.69. The molecule has 0 saturated heterocycles. The van der Waals surface area contributed by atoms with Crippen LogP contribution in [0.4, 0.5) is 24.5 Å². The van der Waals surface area contributed by atoms with Crippen LogP contribution in [0.25, 0.3) is 0 Å². The fourth-order valence-corrected chi connectivity index (χ4v) is 1.34. The topological polar surface area (TPSA) is 55.1 Å². The maximum Gasteiger partial charge on any atom is 0.389 e. The number of hydrogen-bond acceptors (Lipinski definition) is 2. The molecule has 1 aromatic carbocycles. The molecule has 0 unspecified atom stereocenters. The second-order valence-electron chi connectivity index (χ2n) is 3.40. The monoisotopic (exact) mass is 266 g/mol. The quantitative estimate of drug-likeness (QED) is 0.826. The third-order valence-corrected chi connectivity index (χ3v) is 2.22. The minimum atomic E-state index is -4.34. The molecule has 0 aliphatic heterocycles. The van der Waals surface area contributed by atoms with Crippen molar-refractivity contribution in [2.75, 3.05) is 11.1 Å². The summed E-state index contributed by atoms with van der Waals surface area (Å²) in [5.74, 6) is -0.742. The third-order valence-electron chi connectivity index (χ3n) is 1.90. The van der Waals surface area contributed by atoms with Gasteiger partial charge in [-0.05, 0) is 18.2 Å². The average Bonchev–Trinajstić information content (AvgIpc) is 2.18.